The lowest BCUT2D eigenvalue weighted by Gasteiger charge is -2.31. The van der Waals surface area contributed by atoms with E-state index < -0.39 is 6.04 Å². The fourth-order valence-corrected chi connectivity index (χ4v) is 3.98. The molecule has 5 nitrogen and oxygen atoms in total. The molecule has 0 saturated heterocycles. The van der Waals surface area contributed by atoms with Crippen LogP contribution >= 0.6 is 27.5 Å². The summed E-state index contributed by atoms with van der Waals surface area (Å²) in [4.78, 5) is 27.8. The zero-order valence-corrected chi connectivity index (χ0v) is 20.8. The van der Waals surface area contributed by atoms with Crippen molar-refractivity contribution in [2.24, 2.45) is 0 Å². The van der Waals surface area contributed by atoms with Gasteiger partial charge in [0.25, 0.3) is 5.91 Å². The van der Waals surface area contributed by atoms with E-state index in [1.54, 1.807) is 23.1 Å². The van der Waals surface area contributed by atoms with Gasteiger partial charge in [0.05, 0.1) is 4.47 Å². The van der Waals surface area contributed by atoms with E-state index in [1.165, 1.54) is 0 Å². The van der Waals surface area contributed by atoms with E-state index in [9.17, 15) is 9.59 Å². The topological polar surface area (TPSA) is 58.6 Å². The predicted molar refractivity (Wildman–Crippen MR) is 128 cm³/mol. The first kappa shape index (κ1) is 25.2. The lowest BCUT2D eigenvalue weighted by atomic mass is 10.1. The number of benzene rings is 2. The van der Waals surface area contributed by atoms with Crippen LogP contribution in [0.5, 0.6) is 5.75 Å². The minimum absolute atomic E-state index is 0.0405. The third kappa shape index (κ3) is 7.54. The minimum Gasteiger partial charge on any atom is -0.483 e. The predicted octanol–water partition coefficient (Wildman–Crippen LogP) is 5.51. The highest BCUT2D eigenvalue weighted by Gasteiger charge is 2.29. The van der Waals surface area contributed by atoms with Crippen molar-refractivity contribution in [1.29, 1.82) is 0 Å². The average molecular weight is 510 g/mol. The van der Waals surface area contributed by atoms with Gasteiger partial charge in [-0.05, 0) is 66.4 Å². The monoisotopic (exact) mass is 508 g/mol. The number of nitrogens with one attached hydrogen (secondary N) is 1. The number of ether oxygens (including phenoxy) is 1. The smallest absolute Gasteiger partial charge is 0.261 e. The Labute approximate surface area is 198 Å². The highest BCUT2D eigenvalue weighted by atomic mass is 79.9. The molecule has 2 aromatic carbocycles. The first-order chi connectivity index (χ1) is 14.7. The fraction of sp³-hybridized carbons (Fsp3) is 0.417. The highest BCUT2D eigenvalue weighted by Crippen LogP contribution is 2.28. The summed E-state index contributed by atoms with van der Waals surface area (Å²) in [6.45, 7) is 8.03. The maximum absolute atomic E-state index is 13.2. The summed E-state index contributed by atoms with van der Waals surface area (Å²) in [6.07, 6.45) is 1.33. The molecular weight excluding hydrogens is 480 g/mol. The Morgan fingerprint density at radius 2 is 1.90 bits per heavy atom. The Balaban J connectivity index is 2.23. The van der Waals surface area contributed by atoms with Crippen molar-refractivity contribution in [3.05, 3.63) is 63.1 Å². The number of aryl methyl sites for hydroxylation is 1. The Morgan fingerprint density at radius 3 is 2.52 bits per heavy atom. The van der Waals surface area contributed by atoms with Crippen LogP contribution in [-0.4, -0.2) is 35.4 Å². The van der Waals surface area contributed by atoms with Crippen LogP contribution in [0.4, 0.5) is 0 Å². The number of hydrogen-bond donors (Lipinski definition) is 1. The standard InChI is InChI=1S/C24H30BrClN2O3/c1-5-17(4)27-24(30)21(6-2)28(14-18-9-7-8-16(3)12-18)23(29)15-31-22-11-10-19(26)13-20(22)25/h7-13,17,21H,5-6,14-15H2,1-4H3,(H,27,30)/t17-,21-/m0/s1. The molecule has 0 fully saturated rings. The molecule has 1 N–H and O–H groups in total. The minimum atomic E-state index is -0.584. The summed E-state index contributed by atoms with van der Waals surface area (Å²) in [6, 6.07) is 12.5. The summed E-state index contributed by atoms with van der Waals surface area (Å²) < 4.78 is 6.41. The van der Waals surface area contributed by atoms with Gasteiger partial charge in [0, 0.05) is 17.6 Å². The second kappa shape index (κ2) is 12.1. The van der Waals surface area contributed by atoms with Gasteiger partial charge < -0.3 is 15.0 Å². The molecule has 0 spiro atoms. The van der Waals surface area contributed by atoms with Gasteiger partial charge in [0.15, 0.2) is 6.61 Å². The van der Waals surface area contributed by atoms with Crippen molar-refractivity contribution in [2.75, 3.05) is 6.61 Å². The Kier molecular flexibility index (Phi) is 9.85. The third-order valence-electron chi connectivity index (χ3n) is 5.07. The van der Waals surface area contributed by atoms with Crippen LogP contribution in [0.25, 0.3) is 0 Å². The Morgan fingerprint density at radius 1 is 1.16 bits per heavy atom. The summed E-state index contributed by atoms with van der Waals surface area (Å²) >= 11 is 9.37. The fourth-order valence-electron chi connectivity index (χ4n) is 3.18. The molecule has 7 heteroatoms. The van der Waals surface area contributed by atoms with Gasteiger partial charge in [-0.3, -0.25) is 9.59 Å². The maximum Gasteiger partial charge on any atom is 0.261 e. The molecule has 2 amide bonds. The lowest BCUT2D eigenvalue weighted by Crippen LogP contribution is -2.51. The van der Waals surface area contributed by atoms with Gasteiger partial charge in [0.2, 0.25) is 5.91 Å². The van der Waals surface area contributed by atoms with Crippen molar-refractivity contribution in [3.8, 4) is 5.75 Å². The number of nitrogens with zero attached hydrogens (tertiary/aromatic N) is 1. The van der Waals surface area contributed by atoms with E-state index >= 15 is 0 Å². The molecule has 31 heavy (non-hydrogen) atoms. The molecule has 2 rings (SSSR count). The van der Waals surface area contributed by atoms with Crippen molar-refractivity contribution in [2.45, 2.75) is 59.2 Å². The highest BCUT2D eigenvalue weighted by molar-refractivity contribution is 9.10. The van der Waals surface area contributed by atoms with Crippen LogP contribution in [0.2, 0.25) is 5.02 Å². The molecule has 0 bridgehead atoms. The molecular formula is C24H30BrClN2O3. The number of halogens is 2. The van der Waals surface area contributed by atoms with E-state index in [2.05, 4.69) is 21.2 Å². The third-order valence-corrected chi connectivity index (χ3v) is 5.92. The first-order valence-electron chi connectivity index (χ1n) is 10.5. The molecule has 0 aliphatic heterocycles. The van der Waals surface area contributed by atoms with Gasteiger partial charge in [-0.15, -0.1) is 0 Å². The van der Waals surface area contributed by atoms with Crippen molar-refractivity contribution < 1.29 is 14.3 Å². The van der Waals surface area contributed by atoms with Gasteiger partial charge in [-0.1, -0.05) is 55.3 Å². The number of carbonyl (C=O) groups is 2. The van der Waals surface area contributed by atoms with E-state index in [4.69, 9.17) is 16.3 Å². The molecule has 0 aliphatic carbocycles. The molecule has 0 saturated carbocycles. The van der Waals surface area contributed by atoms with Crippen LogP contribution in [0.3, 0.4) is 0 Å². The van der Waals surface area contributed by atoms with Crippen molar-refractivity contribution in [3.63, 3.8) is 0 Å². The van der Waals surface area contributed by atoms with Crippen LogP contribution in [0.1, 0.15) is 44.7 Å². The first-order valence-corrected chi connectivity index (χ1v) is 11.6. The number of hydrogen-bond acceptors (Lipinski definition) is 3. The van der Waals surface area contributed by atoms with E-state index in [-0.39, 0.29) is 24.5 Å². The largest absolute Gasteiger partial charge is 0.483 e. The molecule has 0 heterocycles. The van der Waals surface area contributed by atoms with E-state index in [0.717, 1.165) is 17.5 Å². The van der Waals surface area contributed by atoms with Crippen LogP contribution in [0, 0.1) is 6.92 Å². The maximum atomic E-state index is 13.2. The second-order valence-electron chi connectivity index (χ2n) is 7.62. The van der Waals surface area contributed by atoms with Gasteiger partial charge in [0.1, 0.15) is 11.8 Å². The van der Waals surface area contributed by atoms with Crippen LogP contribution in [0.15, 0.2) is 46.9 Å². The molecule has 0 aliphatic rings. The van der Waals surface area contributed by atoms with Crippen molar-refractivity contribution >= 4 is 39.3 Å². The summed E-state index contributed by atoms with van der Waals surface area (Å²) in [5, 5.41) is 3.58. The molecule has 0 aromatic heterocycles. The van der Waals surface area contributed by atoms with Crippen molar-refractivity contribution in [1.82, 2.24) is 10.2 Å². The van der Waals surface area contributed by atoms with Gasteiger partial charge >= 0.3 is 0 Å². The normalized spacial score (nSPS) is 12.7. The average Bonchev–Trinajstić information content (AvgIpc) is 2.72. The van der Waals surface area contributed by atoms with Crippen LogP contribution in [-0.2, 0) is 16.1 Å². The Hall–Kier alpha value is -2.05. The molecule has 0 unspecified atom stereocenters. The summed E-state index contributed by atoms with van der Waals surface area (Å²) in [5.74, 6) is 0.116. The number of carbonyl (C=O) groups excluding carboxylic acids is 2. The zero-order valence-electron chi connectivity index (χ0n) is 18.5. The molecule has 0 radical (unpaired) electrons. The molecule has 2 aromatic rings. The SMILES string of the molecule is CC[C@H](C)NC(=O)[C@H](CC)N(Cc1cccc(C)c1)C(=O)COc1ccc(Cl)cc1Br. The van der Waals surface area contributed by atoms with Gasteiger partial charge in [-0.2, -0.15) is 0 Å². The lowest BCUT2D eigenvalue weighted by molar-refractivity contribution is -0.143. The molecule has 2 atom stereocenters. The van der Waals surface area contributed by atoms with E-state index in [0.29, 0.717) is 28.2 Å². The Bertz CT molecular complexity index is 906. The summed E-state index contributed by atoms with van der Waals surface area (Å²) in [7, 11) is 0. The zero-order chi connectivity index (χ0) is 23.0. The second-order valence-corrected chi connectivity index (χ2v) is 8.91. The summed E-state index contributed by atoms with van der Waals surface area (Å²) in [5.41, 5.74) is 2.07. The van der Waals surface area contributed by atoms with Crippen LogP contribution < -0.4 is 10.1 Å². The van der Waals surface area contributed by atoms with Gasteiger partial charge in [-0.25, -0.2) is 0 Å². The molecule has 168 valence electrons. The quantitative estimate of drug-likeness (QED) is 0.459. The van der Waals surface area contributed by atoms with E-state index in [1.807, 2.05) is 52.0 Å². The number of rotatable bonds is 10. The number of amides is 2.